The largest absolute Gasteiger partial charge is 0.486 e. The fourth-order valence-corrected chi connectivity index (χ4v) is 3.86. The number of hydrogen-bond acceptors (Lipinski definition) is 4. The van der Waals surface area contributed by atoms with E-state index in [0.717, 1.165) is 35.4 Å². The van der Waals surface area contributed by atoms with Gasteiger partial charge in [-0.3, -0.25) is 4.79 Å². The number of carbonyl (C=O) groups excluding carboxylic acids is 1. The van der Waals surface area contributed by atoms with Crippen LogP contribution in [0.15, 0.2) is 18.5 Å². The SMILES string of the molecule is C[C@H]1CCC[C@H](C)N1C(=O)Cn1cnc2cc3c(cc21)OCCO3. The number of hydrogen-bond donors (Lipinski definition) is 0. The molecule has 0 saturated carbocycles. The van der Waals surface area contributed by atoms with E-state index in [-0.39, 0.29) is 5.91 Å². The van der Waals surface area contributed by atoms with Crippen LogP contribution < -0.4 is 9.47 Å². The third kappa shape index (κ3) is 2.60. The molecular weight excluding hydrogens is 306 g/mol. The minimum atomic E-state index is 0.156. The molecule has 0 unspecified atom stereocenters. The van der Waals surface area contributed by atoms with Crippen LogP contribution >= 0.6 is 0 Å². The first kappa shape index (κ1) is 15.3. The minimum absolute atomic E-state index is 0.156. The van der Waals surface area contributed by atoms with Gasteiger partial charge in [0.05, 0.1) is 17.4 Å². The van der Waals surface area contributed by atoms with E-state index in [4.69, 9.17) is 9.47 Å². The fourth-order valence-electron chi connectivity index (χ4n) is 3.86. The Labute approximate surface area is 141 Å². The summed E-state index contributed by atoms with van der Waals surface area (Å²) in [5.41, 5.74) is 1.73. The number of nitrogens with zero attached hydrogens (tertiary/aromatic N) is 3. The highest BCUT2D eigenvalue weighted by Crippen LogP contribution is 2.34. The Balaban J connectivity index is 1.61. The Kier molecular flexibility index (Phi) is 3.82. The number of ether oxygens (including phenoxy) is 2. The molecule has 24 heavy (non-hydrogen) atoms. The van der Waals surface area contributed by atoms with E-state index in [2.05, 4.69) is 18.8 Å². The molecule has 0 aliphatic carbocycles. The monoisotopic (exact) mass is 329 g/mol. The summed E-state index contributed by atoms with van der Waals surface area (Å²) in [6.45, 7) is 5.70. The molecule has 2 aliphatic rings. The lowest BCUT2D eigenvalue weighted by atomic mass is 9.97. The summed E-state index contributed by atoms with van der Waals surface area (Å²) >= 11 is 0. The van der Waals surface area contributed by atoms with Gasteiger partial charge in [-0.25, -0.2) is 4.98 Å². The molecule has 128 valence electrons. The van der Waals surface area contributed by atoms with Gasteiger partial charge in [-0.2, -0.15) is 0 Å². The smallest absolute Gasteiger partial charge is 0.243 e. The van der Waals surface area contributed by atoms with E-state index in [1.807, 2.05) is 21.6 Å². The van der Waals surface area contributed by atoms with Crippen molar-refractivity contribution in [1.29, 1.82) is 0 Å². The number of fused-ring (bicyclic) bond motifs is 2. The molecule has 2 atom stereocenters. The average molecular weight is 329 g/mol. The van der Waals surface area contributed by atoms with Crippen molar-refractivity contribution in [3.05, 3.63) is 18.5 Å². The summed E-state index contributed by atoms with van der Waals surface area (Å²) in [7, 11) is 0. The third-order valence-electron chi connectivity index (χ3n) is 5.07. The molecule has 1 saturated heterocycles. The summed E-state index contributed by atoms with van der Waals surface area (Å²) < 4.78 is 13.2. The van der Waals surface area contributed by atoms with Crippen LogP contribution in [0.25, 0.3) is 11.0 Å². The Morgan fingerprint density at radius 3 is 2.54 bits per heavy atom. The summed E-state index contributed by atoms with van der Waals surface area (Å²) in [6, 6.07) is 4.42. The summed E-state index contributed by atoms with van der Waals surface area (Å²) in [4.78, 5) is 19.3. The molecule has 0 N–H and O–H groups in total. The van der Waals surface area contributed by atoms with Crippen molar-refractivity contribution >= 4 is 16.9 Å². The summed E-state index contributed by atoms with van der Waals surface area (Å²) in [6.07, 6.45) is 5.09. The van der Waals surface area contributed by atoms with E-state index >= 15 is 0 Å². The van der Waals surface area contributed by atoms with Gasteiger partial charge in [0.2, 0.25) is 5.91 Å². The zero-order valence-electron chi connectivity index (χ0n) is 14.2. The highest BCUT2D eigenvalue weighted by Gasteiger charge is 2.29. The van der Waals surface area contributed by atoms with Crippen LogP contribution in [0.2, 0.25) is 0 Å². The fraction of sp³-hybridized carbons (Fsp3) is 0.556. The van der Waals surface area contributed by atoms with Crippen molar-refractivity contribution in [2.24, 2.45) is 0 Å². The number of imidazole rings is 1. The van der Waals surface area contributed by atoms with Gasteiger partial charge in [-0.1, -0.05) is 0 Å². The van der Waals surface area contributed by atoms with E-state index in [1.54, 1.807) is 6.33 Å². The Hall–Kier alpha value is -2.24. The number of likely N-dealkylation sites (tertiary alicyclic amines) is 1. The molecule has 1 fully saturated rings. The van der Waals surface area contributed by atoms with Gasteiger partial charge in [0.1, 0.15) is 19.8 Å². The van der Waals surface area contributed by atoms with E-state index in [1.165, 1.54) is 6.42 Å². The van der Waals surface area contributed by atoms with Crippen molar-refractivity contribution in [3.63, 3.8) is 0 Å². The maximum Gasteiger partial charge on any atom is 0.243 e. The quantitative estimate of drug-likeness (QED) is 0.850. The third-order valence-corrected chi connectivity index (χ3v) is 5.07. The van der Waals surface area contributed by atoms with Crippen LogP contribution in [0.1, 0.15) is 33.1 Å². The molecule has 3 heterocycles. The van der Waals surface area contributed by atoms with Crippen LogP contribution in [-0.2, 0) is 11.3 Å². The average Bonchev–Trinajstić information content (AvgIpc) is 2.94. The molecule has 1 aromatic carbocycles. The molecular formula is C18H23N3O3. The predicted molar refractivity (Wildman–Crippen MR) is 90.3 cm³/mol. The first-order chi connectivity index (χ1) is 11.6. The highest BCUT2D eigenvalue weighted by atomic mass is 16.6. The highest BCUT2D eigenvalue weighted by molar-refractivity contribution is 5.83. The number of benzene rings is 1. The van der Waals surface area contributed by atoms with E-state index < -0.39 is 0 Å². The molecule has 2 aliphatic heterocycles. The molecule has 0 bridgehead atoms. The van der Waals surface area contributed by atoms with Crippen LogP contribution in [0.3, 0.4) is 0 Å². The molecule has 0 spiro atoms. The second-order valence-electron chi connectivity index (χ2n) is 6.79. The number of carbonyl (C=O) groups is 1. The lowest BCUT2D eigenvalue weighted by Crippen LogP contribution is -2.48. The topological polar surface area (TPSA) is 56.6 Å². The van der Waals surface area contributed by atoms with Crippen molar-refractivity contribution in [1.82, 2.24) is 14.5 Å². The summed E-state index contributed by atoms with van der Waals surface area (Å²) in [5.74, 6) is 1.61. The molecule has 2 aromatic rings. The standard InChI is InChI=1S/C18H23N3O3/c1-12-4-3-5-13(2)21(12)18(22)10-20-11-19-14-8-16-17(9-15(14)20)24-7-6-23-16/h8-9,11-13H,3-7,10H2,1-2H3/t12-,13-/m0/s1. The molecule has 1 amide bonds. The van der Waals surface area contributed by atoms with E-state index in [9.17, 15) is 4.79 Å². The molecule has 1 aromatic heterocycles. The lowest BCUT2D eigenvalue weighted by molar-refractivity contribution is -0.137. The van der Waals surface area contributed by atoms with Gasteiger partial charge < -0.3 is 18.9 Å². The van der Waals surface area contributed by atoms with Gasteiger partial charge in [0.15, 0.2) is 11.5 Å². The first-order valence-electron chi connectivity index (χ1n) is 8.69. The van der Waals surface area contributed by atoms with Gasteiger partial charge in [-0.15, -0.1) is 0 Å². The second-order valence-corrected chi connectivity index (χ2v) is 6.79. The molecule has 6 nitrogen and oxygen atoms in total. The number of aromatic nitrogens is 2. The minimum Gasteiger partial charge on any atom is -0.486 e. The first-order valence-corrected chi connectivity index (χ1v) is 8.69. The Morgan fingerprint density at radius 1 is 1.17 bits per heavy atom. The van der Waals surface area contributed by atoms with E-state index in [0.29, 0.717) is 31.8 Å². The molecule has 6 heteroatoms. The van der Waals surface area contributed by atoms with Gasteiger partial charge in [-0.05, 0) is 33.1 Å². The van der Waals surface area contributed by atoms with Crippen molar-refractivity contribution < 1.29 is 14.3 Å². The second kappa shape index (κ2) is 6.00. The summed E-state index contributed by atoms with van der Waals surface area (Å²) in [5, 5.41) is 0. The van der Waals surface area contributed by atoms with Crippen LogP contribution in [0.4, 0.5) is 0 Å². The maximum atomic E-state index is 12.8. The zero-order valence-corrected chi connectivity index (χ0v) is 14.2. The Bertz CT molecular complexity index is 760. The van der Waals surface area contributed by atoms with Gasteiger partial charge in [0.25, 0.3) is 0 Å². The van der Waals surface area contributed by atoms with Crippen LogP contribution in [0.5, 0.6) is 11.5 Å². The Morgan fingerprint density at radius 2 is 1.83 bits per heavy atom. The molecule has 0 radical (unpaired) electrons. The number of amides is 1. The number of rotatable bonds is 2. The van der Waals surface area contributed by atoms with Crippen molar-refractivity contribution in [2.75, 3.05) is 13.2 Å². The normalized spacial score (nSPS) is 23.5. The van der Waals surface area contributed by atoms with Gasteiger partial charge in [0, 0.05) is 24.2 Å². The zero-order chi connectivity index (χ0) is 16.7. The van der Waals surface area contributed by atoms with Crippen molar-refractivity contribution in [3.8, 4) is 11.5 Å². The number of piperidine rings is 1. The van der Waals surface area contributed by atoms with Gasteiger partial charge >= 0.3 is 0 Å². The van der Waals surface area contributed by atoms with Crippen LogP contribution in [0, 0.1) is 0 Å². The van der Waals surface area contributed by atoms with Crippen molar-refractivity contribution in [2.45, 2.75) is 51.7 Å². The molecule has 4 rings (SSSR count). The lowest BCUT2D eigenvalue weighted by Gasteiger charge is -2.39. The predicted octanol–water partition coefficient (Wildman–Crippen LogP) is 2.60. The van der Waals surface area contributed by atoms with Crippen LogP contribution in [-0.4, -0.2) is 45.7 Å². The maximum absolute atomic E-state index is 12.8.